The molecule has 1 saturated heterocycles. The molecule has 2 aromatic carbocycles. The molecule has 1 N–H and O–H groups in total. The van der Waals surface area contributed by atoms with Gasteiger partial charge < -0.3 is 14.7 Å². The van der Waals surface area contributed by atoms with Crippen molar-refractivity contribution >= 4 is 44.9 Å². The summed E-state index contributed by atoms with van der Waals surface area (Å²) in [4.78, 5) is 27.1. The molecule has 1 amide bonds. The highest BCUT2D eigenvalue weighted by Crippen LogP contribution is 2.48. The van der Waals surface area contributed by atoms with Crippen molar-refractivity contribution in [1.82, 2.24) is 4.90 Å². The molecular weight excluding hydrogens is 556 g/mol. The average Bonchev–Trinajstić information content (AvgIpc) is 3.65. The van der Waals surface area contributed by atoms with E-state index in [0.29, 0.717) is 29.0 Å². The molecule has 4 unspecified atom stereocenters. The molecule has 2 aliphatic rings. The van der Waals surface area contributed by atoms with Gasteiger partial charge in [-0.25, -0.2) is 12.8 Å². The summed E-state index contributed by atoms with van der Waals surface area (Å²) in [5.74, 6) is -3.03. The van der Waals surface area contributed by atoms with E-state index in [1.807, 2.05) is 0 Å². The van der Waals surface area contributed by atoms with Crippen molar-refractivity contribution in [1.29, 1.82) is 0 Å². The summed E-state index contributed by atoms with van der Waals surface area (Å²) in [6.07, 6.45) is -1.51. The SMILES string of the molecule is CC(C)(C)S(=O)(=O)CC(C1CC1)N1C(=O)C(CC(=O)O)OC(c2cccc(Cl)c2)C1c1ccc(Cl)c(F)c1. The molecule has 206 valence electrons. The topological polar surface area (TPSA) is 101 Å². The van der Waals surface area contributed by atoms with E-state index in [4.69, 9.17) is 27.9 Å². The number of rotatable bonds is 8. The fourth-order valence-corrected chi connectivity index (χ4v) is 6.50. The minimum Gasteiger partial charge on any atom is -0.481 e. The largest absolute Gasteiger partial charge is 0.481 e. The number of ether oxygens (including phenoxy) is 1. The number of carboxylic acid groups (broad SMARTS) is 1. The van der Waals surface area contributed by atoms with E-state index in [9.17, 15) is 27.5 Å². The third-order valence-corrected chi connectivity index (χ3v) is 10.3. The van der Waals surface area contributed by atoms with E-state index in [1.54, 1.807) is 51.1 Å². The van der Waals surface area contributed by atoms with Crippen LogP contribution in [-0.4, -0.2) is 52.9 Å². The van der Waals surface area contributed by atoms with Gasteiger partial charge in [0, 0.05) is 11.1 Å². The van der Waals surface area contributed by atoms with Crippen LogP contribution in [0.5, 0.6) is 0 Å². The lowest BCUT2D eigenvalue weighted by molar-refractivity contribution is -0.183. The molecular formula is C27H30Cl2FNO6S. The number of hydrogen-bond acceptors (Lipinski definition) is 5. The highest BCUT2D eigenvalue weighted by Gasteiger charge is 2.52. The number of halogens is 3. The van der Waals surface area contributed by atoms with Gasteiger partial charge in [0.15, 0.2) is 9.84 Å². The molecule has 0 aromatic heterocycles. The summed E-state index contributed by atoms with van der Waals surface area (Å²) >= 11 is 12.2. The van der Waals surface area contributed by atoms with Crippen molar-refractivity contribution in [2.75, 3.05) is 5.75 Å². The Morgan fingerprint density at radius 1 is 1.16 bits per heavy atom. The van der Waals surface area contributed by atoms with Crippen molar-refractivity contribution in [3.05, 3.63) is 69.5 Å². The second-order valence-electron chi connectivity index (χ2n) is 10.9. The quantitative estimate of drug-likeness (QED) is 0.432. The van der Waals surface area contributed by atoms with Gasteiger partial charge in [0.05, 0.1) is 28.0 Å². The molecule has 1 saturated carbocycles. The van der Waals surface area contributed by atoms with Crippen LogP contribution < -0.4 is 0 Å². The second kappa shape index (κ2) is 10.8. The van der Waals surface area contributed by atoms with Gasteiger partial charge >= 0.3 is 5.97 Å². The van der Waals surface area contributed by atoms with Crippen molar-refractivity contribution < 1.29 is 32.2 Å². The standard InChI is InChI=1S/C27H30Cl2FNO6S/c1-27(2,3)38(35,36)14-21(15-7-8-15)31-24(16-9-10-19(29)20(30)12-16)25(17-5-4-6-18(28)11-17)37-22(26(31)34)13-23(32)33/h4-6,9-12,15,21-22,24-25H,7-8,13-14H2,1-3H3,(H,32,33). The van der Waals surface area contributed by atoms with Gasteiger partial charge in [-0.05, 0) is 74.9 Å². The van der Waals surface area contributed by atoms with Crippen molar-refractivity contribution in [2.24, 2.45) is 5.92 Å². The number of morpholine rings is 1. The zero-order valence-corrected chi connectivity index (χ0v) is 23.6. The smallest absolute Gasteiger partial charge is 0.306 e. The Balaban J connectivity index is 1.92. The summed E-state index contributed by atoms with van der Waals surface area (Å²) in [7, 11) is -3.69. The molecule has 4 atom stereocenters. The van der Waals surface area contributed by atoms with Gasteiger partial charge in [-0.2, -0.15) is 0 Å². The van der Waals surface area contributed by atoms with Crippen LogP contribution in [0.2, 0.25) is 10.0 Å². The van der Waals surface area contributed by atoms with Crippen LogP contribution in [0.1, 0.15) is 63.3 Å². The number of aliphatic carboxylic acids is 1. The van der Waals surface area contributed by atoms with Gasteiger partial charge in [0.1, 0.15) is 18.0 Å². The van der Waals surface area contributed by atoms with Gasteiger partial charge in [-0.1, -0.05) is 41.4 Å². The first-order valence-corrected chi connectivity index (χ1v) is 14.7. The third kappa shape index (κ3) is 6.01. The maximum absolute atomic E-state index is 14.7. The number of carbonyl (C=O) groups excluding carboxylic acids is 1. The Morgan fingerprint density at radius 2 is 1.84 bits per heavy atom. The Kier molecular flexibility index (Phi) is 8.15. The molecule has 1 aliphatic heterocycles. The van der Waals surface area contributed by atoms with E-state index >= 15 is 0 Å². The summed E-state index contributed by atoms with van der Waals surface area (Å²) in [5.41, 5.74) is 0.886. The van der Waals surface area contributed by atoms with Gasteiger partial charge in [0.2, 0.25) is 0 Å². The van der Waals surface area contributed by atoms with Crippen LogP contribution in [0.25, 0.3) is 0 Å². The Hall–Kier alpha value is -2.20. The first-order chi connectivity index (χ1) is 17.7. The third-order valence-electron chi connectivity index (χ3n) is 7.10. The zero-order chi connectivity index (χ0) is 28.0. The Morgan fingerprint density at radius 3 is 2.39 bits per heavy atom. The first kappa shape index (κ1) is 28.8. The molecule has 0 radical (unpaired) electrons. The number of amides is 1. The number of benzene rings is 2. The summed E-state index contributed by atoms with van der Waals surface area (Å²) in [6.45, 7) is 4.80. The highest BCUT2D eigenvalue weighted by molar-refractivity contribution is 7.92. The van der Waals surface area contributed by atoms with E-state index in [2.05, 4.69) is 0 Å². The van der Waals surface area contributed by atoms with Crippen LogP contribution >= 0.6 is 23.2 Å². The molecule has 7 nitrogen and oxygen atoms in total. The second-order valence-corrected chi connectivity index (χ2v) is 14.5. The van der Waals surface area contributed by atoms with Crippen molar-refractivity contribution in [3.8, 4) is 0 Å². The van der Waals surface area contributed by atoms with E-state index < -0.39 is 63.0 Å². The Bertz CT molecular complexity index is 1340. The Labute approximate surface area is 231 Å². The lowest BCUT2D eigenvalue weighted by Crippen LogP contribution is -2.58. The molecule has 1 aliphatic carbocycles. The van der Waals surface area contributed by atoms with Crippen molar-refractivity contribution in [2.45, 2.75) is 69.1 Å². The molecule has 38 heavy (non-hydrogen) atoms. The predicted molar refractivity (Wildman–Crippen MR) is 142 cm³/mol. The summed E-state index contributed by atoms with van der Waals surface area (Å²) in [6, 6.07) is 9.11. The van der Waals surface area contributed by atoms with Crippen molar-refractivity contribution in [3.63, 3.8) is 0 Å². The number of carbonyl (C=O) groups is 2. The van der Waals surface area contributed by atoms with Crippen LogP contribution in [0, 0.1) is 11.7 Å². The van der Waals surface area contributed by atoms with Gasteiger partial charge in [0.25, 0.3) is 5.91 Å². The van der Waals surface area contributed by atoms with E-state index in [0.717, 1.165) is 0 Å². The molecule has 0 bridgehead atoms. The molecule has 2 aromatic rings. The number of sulfone groups is 1. The molecule has 2 fully saturated rings. The fraction of sp³-hybridized carbons (Fsp3) is 0.481. The number of carboxylic acids is 1. The maximum atomic E-state index is 14.7. The van der Waals surface area contributed by atoms with Crippen LogP contribution in [0.4, 0.5) is 4.39 Å². The fourth-order valence-electron chi connectivity index (χ4n) is 4.80. The summed E-state index contributed by atoms with van der Waals surface area (Å²) in [5, 5.41) is 9.82. The van der Waals surface area contributed by atoms with Crippen LogP contribution in [0.3, 0.4) is 0 Å². The molecule has 0 spiro atoms. The molecule has 4 rings (SSSR count). The molecule has 11 heteroatoms. The monoisotopic (exact) mass is 585 g/mol. The normalized spacial score (nSPS) is 23.4. The zero-order valence-electron chi connectivity index (χ0n) is 21.2. The van der Waals surface area contributed by atoms with E-state index in [-0.39, 0.29) is 16.7 Å². The summed E-state index contributed by atoms with van der Waals surface area (Å²) < 4.78 is 46.5. The highest BCUT2D eigenvalue weighted by atomic mass is 35.5. The average molecular weight is 587 g/mol. The minimum atomic E-state index is -3.69. The lowest BCUT2D eigenvalue weighted by atomic mass is 9.89. The molecule has 1 heterocycles. The van der Waals surface area contributed by atoms with E-state index in [1.165, 1.54) is 17.0 Å². The van der Waals surface area contributed by atoms with Gasteiger partial charge in [-0.3, -0.25) is 9.59 Å². The number of hydrogen-bond donors (Lipinski definition) is 1. The van der Waals surface area contributed by atoms with Crippen LogP contribution in [0.15, 0.2) is 42.5 Å². The van der Waals surface area contributed by atoms with Gasteiger partial charge in [-0.15, -0.1) is 0 Å². The number of nitrogens with zero attached hydrogens (tertiary/aromatic N) is 1. The first-order valence-electron chi connectivity index (χ1n) is 12.3. The lowest BCUT2D eigenvalue weighted by Gasteiger charge is -2.48. The predicted octanol–water partition coefficient (Wildman–Crippen LogP) is 5.61. The van der Waals surface area contributed by atoms with Crippen LogP contribution in [-0.2, 0) is 24.2 Å². The minimum absolute atomic E-state index is 0.111. The maximum Gasteiger partial charge on any atom is 0.306 e.